The van der Waals surface area contributed by atoms with Gasteiger partial charge in [0.2, 0.25) is 10.0 Å². The van der Waals surface area contributed by atoms with E-state index in [1.807, 2.05) is 49.4 Å². The molecule has 0 aliphatic carbocycles. The van der Waals surface area contributed by atoms with Crippen molar-refractivity contribution in [3.05, 3.63) is 71.1 Å². The number of hydrogen-bond donors (Lipinski definition) is 1. The summed E-state index contributed by atoms with van der Waals surface area (Å²) in [4.78, 5) is 1.15. The second kappa shape index (κ2) is 9.06. The van der Waals surface area contributed by atoms with Gasteiger partial charge in [0.15, 0.2) is 0 Å². The van der Waals surface area contributed by atoms with Crippen LogP contribution in [0.15, 0.2) is 64.9 Å². The maximum Gasteiger partial charge on any atom is 0.233 e. The molecule has 2 aromatic carbocycles. The zero-order valence-electron chi connectivity index (χ0n) is 15.4. The maximum absolute atomic E-state index is 12.5. The first-order valence-corrected chi connectivity index (χ1v) is 11.4. The molecule has 0 unspecified atom stereocenters. The van der Waals surface area contributed by atoms with Crippen LogP contribution in [-0.4, -0.2) is 32.9 Å². The maximum atomic E-state index is 12.5. The SMILES string of the molecule is Cc1ccc(/C=C/S(=O)(=O)NCC2(Sc3ccccc3)CCOCC2)cc1. The molecule has 1 aliphatic heterocycles. The van der Waals surface area contributed by atoms with Gasteiger partial charge in [0.05, 0.1) is 0 Å². The number of hydrogen-bond acceptors (Lipinski definition) is 4. The van der Waals surface area contributed by atoms with Crippen LogP contribution in [0.1, 0.15) is 24.0 Å². The monoisotopic (exact) mass is 403 g/mol. The van der Waals surface area contributed by atoms with Crippen LogP contribution < -0.4 is 4.72 Å². The first-order chi connectivity index (χ1) is 13.0. The van der Waals surface area contributed by atoms with E-state index in [9.17, 15) is 8.42 Å². The molecule has 6 heteroatoms. The standard InChI is InChI=1S/C21H25NO3S2/c1-18-7-9-19(10-8-18)11-16-27(23,24)22-17-21(12-14-25-15-13-21)26-20-5-3-2-4-6-20/h2-11,16,22H,12-15,17H2,1H3/b16-11+. The van der Waals surface area contributed by atoms with Crippen molar-refractivity contribution in [1.29, 1.82) is 0 Å². The number of rotatable bonds is 7. The highest BCUT2D eigenvalue weighted by Crippen LogP contribution is 2.40. The second-order valence-electron chi connectivity index (χ2n) is 6.79. The lowest BCUT2D eigenvalue weighted by atomic mass is 9.99. The fraction of sp³-hybridized carbons (Fsp3) is 0.333. The molecule has 0 atom stereocenters. The molecule has 1 heterocycles. The van der Waals surface area contributed by atoms with Crippen LogP contribution in [0.4, 0.5) is 0 Å². The molecule has 3 rings (SSSR count). The van der Waals surface area contributed by atoms with Crippen LogP contribution in [0.2, 0.25) is 0 Å². The Kier molecular flexibility index (Phi) is 6.76. The fourth-order valence-electron chi connectivity index (χ4n) is 2.92. The molecule has 0 spiro atoms. The minimum Gasteiger partial charge on any atom is -0.381 e. The predicted molar refractivity (Wildman–Crippen MR) is 112 cm³/mol. The van der Waals surface area contributed by atoms with Crippen molar-refractivity contribution in [3.63, 3.8) is 0 Å². The molecule has 2 aromatic rings. The van der Waals surface area contributed by atoms with E-state index in [0.717, 1.165) is 28.9 Å². The van der Waals surface area contributed by atoms with E-state index < -0.39 is 10.0 Å². The summed E-state index contributed by atoms with van der Waals surface area (Å²) in [5, 5.41) is 1.25. The lowest BCUT2D eigenvalue weighted by molar-refractivity contribution is 0.0784. The molecule has 1 fully saturated rings. The second-order valence-corrected chi connectivity index (χ2v) is 9.98. The minimum atomic E-state index is -3.50. The summed E-state index contributed by atoms with van der Waals surface area (Å²) in [6.07, 6.45) is 3.26. The lowest BCUT2D eigenvalue weighted by Crippen LogP contribution is -2.43. The highest BCUT2D eigenvalue weighted by Gasteiger charge is 2.34. The number of benzene rings is 2. The van der Waals surface area contributed by atoms with Crippen LogP contribution in [-0.2, 0) is 14.8 Å². The van der Waals surface area contributed by atoms with Crippen LogP contribution in [0.3, 0.4) is 0 Å². The van der Waals surface area contributed by atoms with Gasteiger partial charge in [-0.05, 0) is 43.5 Å². The molecule has 27 heavy (non-hydrogen) atoms. The molecule has 0 radical (unpaired) electrons. The van der Waals surface area contributed by atoms with Crippen LogP contribution in [0.5, 0.6) is 0 Å². The van der Waals surface area contributed by atoms with E-state index >= 15 is 0 Å². The lowest BCUT2D eigenvalue weighted by Gasteiger charge is -2.36. The molecule has 1 aliphatic rings. The molecular formula is C21H25NO3S2. The third kappa shape index (κ3) is 6.21. The quantitative estimate of drug-likeness (QED) is 0.752. The van der Waals surface area contributed by atoms with Gasteiger partial charge in [-0.2, -0.15) is 0 Å². The normalized spacial score (nSPS) is 17.2. The molecule has 1 N–H and O–H groups in total. The van der Waals surface area contributed by atoms with Gasteiger partial charge in [0.25, 0.3) is 0 Å². The summed E-state index contributed by atoms with van der Waals surface area (Å²) in [5.41, 5.74) is 2.01. The highest BCUT2D eigenvalue weighted by atomic mass is 32.2. The van der Waals surface area contributed by atoms with Gasteiger partial charge in [-0.3, -0.25) is 0 Å². The Bertz CT molecular complexity index is 856. The van der Waals surface area contributed by atoms with E-state index in [0.29, 0.717) is 19.8 Å². The number of sulfonamides is 1. The molecule has 1 saturated heterocycles. The third-order valence-electron chi connectivity index (χ3n) is 4.59. The van der Waals surface area contributed by atoms with Gasteiger partial charge in [0.1, 0.15) is 0 Å². The summed E-state index contributed by atoms with van der Waals surface area (Å²) >= 11 is 1.74. The summed E-state index contributed by atoms with van der Waals surface area (Å²) in [7, 11) is -3.50. The van der Waals surface area contributed by atoms with E-state index in [4.69, 9.17) is 4.74 Å². The molecule has 0 amide bonds. The highest BCUT2D eigenvalue weighted by molar-refractivity contribution is 8.00. The summed E-state index contributed by atoms with van der Waals surface area (Å²) in [6.45, 7) is 3.70. The van der Waals surface area contributed by atoms with Crippen molar-refractivity contribution in [2.24, 2.45) is 0 Å². The number of aryl methyl sites for hydroxylation is 1. The van der Waals surface area contributed by atoms with Gasteiger partial charge in [0, 0.05) is 34.8 Å². The zero-order chi connectivity index (χ0) is 19.2. The van der Waals surface area contributed by atoms with Gasteiger partial charge in [-0.15, -0.1) is 11.8 Å². The first-order valence-electron chi connectivity index (χ1n) is 9.03. The Morgan fingerprint density at radius 1 is 1.07 bits per heavy atom. The van der Waals surface area contributed by atoms with Crippen LogP contribution in [0, 0.1) is 6.92 Å². The summed E-state index contributed by atoms with van der Waals surface area (Å²) in [5.74, 6) is 0. The summed E-state index contributed by atoms with van der Waals surface area (Å²) in [6, 6.07) is 17.9. The van der Waals surface area contributed by atoms with Gasteiger partial charge in [-0.25, -0.2) is 13.1 Å². The first kappa shape index (κ1) is 20.1. The van der Waals surface area contributed by atoms with Crippen LogP contribution in [0.25, 0.3) is 6.08 Å². The predicted octanol–water partition coefficient (Wildman–Crippen LogP) is 4.23. The Hall–Kier alpha value is -1.60. The topological polar surface area (TPSA) is 55.4 Å². The summed E-state index contributed by atoms with van der Waals surface area (Å²) < 4.78 is 33.0. The van der Waals surface area contributed by atoms with Crippen molar-refractivity contribution in [2.45, 2.75) is 29.4 Å². The van der Waals surface area contributed by atoms with Gasteiger partial charge < -0.3 is 4.74 Å². The van der Waals surface area contributed by atoms with E-state index in [1.165, 1.54) is 5.41 Å². The largest absolute Gasteiger partial charge is 0.381 e. The van der Waals surface area contributed by atoms with Crippen molar-refractivity contribution in [3.8, 4) is 0 Å². The average Bonchev–Trinajstić information content (AvgIpc) is 2.68. The Morgan fingerprint density at radius 3 is 2.41 bits per heavy atom. The fourth-order valence-corrected chi connectivity index (χ4v) is 5.23. The molecular weight excluding hydrogens is 378 g/mol. The number of thioether (sulfide) groups is 1. The number of ether oxygens (including phenoxy) is 1. The average molecular weight is 404 g/mol. The van der Waals surface area contributed by atoms with E-state index in [-0.39, 0.29) is 4.75 Å². The van der Waals surface area contributed by atoms with Gasteiger partial charge in [-0.1, -0.05) is 48.0 Å². The zero-order valence-corrected chi connectivity index (χ0v) is 17.1. The molecule has 4 nitrogen and oxygen atoms in total. The van der Waals surface area contributed by atoms with Crippen LogP contribution >= 0.6 is 11.8 Å². The molecule has 0 bridgehead atoms. The Labute approximate surface area is 166 Å². The Balaban J connectivity index is 1.67. The minimum absolute atomic E-state index is 0.190. The van der Waals surface area contributed by atoms with Crippen molar-refractivity contribution in [1.82, 2.24) is 4.72 Å². The van der Waals surface area contributed by atoms with Gasteiger partial charge >= 0.3 is 0 Å². The third-order valence-corrected chi connectivity index (χ3v) is 7.13. The smallest absolute Gasteiger partial charge is 0.233 e. The van der Waals surface area contributed by atoms with Crippen molar-refractivity contribution >= 4 is 27.9 Å². The van der Waals surface area contributed by atoms with Crippen molar-refractivity contribution < 1.29 is 13.2 Å². The molecule has 0 aromatic heterocycles. The van der Waals surface area contributed by atoms with Crippen molar-refractivity contribution in [2.75, 3.05) is 19.8 Å². The molecule has 144 valence electrons. The van der Waals surface area contributed by atoms with E-state index in [1.54, 1.807) is 17.8 Å². The Morgan fingerprint density at radius 2 is 1.74 bits per heavy atom. The van der Waals surface area contributed by atoms with E-state index in [2.05, 4.69) is 16.9 Å². The molecule has 0 saturated carbocycles. The number of nitrogens with one attached hydrogen (secondary N) is 1.